The maximum Gasteiger partial charge on any atom is 0.0233 e. The van der Waals surface area contributed by atoms with Gasteiger partial charge in [0, 0.05) is 38.8 Å². The van der Waals surface area contributed by atoms with Gasteiger partial charge in [-0.05, 0) is 20.0 Å². The molecule has 0 bridgehead atoms. The first-order chi connectivity index (χ1) is 5.86. The van der Waals surface area contributed by atoms with Gasteiger partial charge in [-0.15, -0.1) is 0 Å². The molecule has 0 saturated carbocycles. The highest BCUT2D eigenvalue weighted by Gasteiger charge is 2.24. The number of hydrogen-bond acceptors (Lipinski definition) is 3. The lowest BCUT2D eigenvalue weighted by Gasteiger charge is -2.36. The third-order valence-electron chi connectivity index (χ3n) is 3.09. The van der Waals surface area contributed by atoms with Crippen molar-refractivity contribution in [1.29, 1.82) is 0 Å². The van der Waals surface area contributed by atoms with E-state index >= 15 is 0 Å². The quantitative estimate of drug-likeness (QED) is 0.576. The summed E-state index contributed by atoms with van der Waals surface area (Å²) in [5.41, 5.74) is 0. The molecule has 3 nitrogen and oxygen atoms in total. The largest absolute Gasteiger partial charge is 0.315 e. The predicted molar refractivity (Wildman–Crippen MR) is 50.3 cm³/mol. The first kappa shape index (κ1) is 8.48. The molecule has 0 amide bonds. The Balaban J connectivity index is 1.80. The van der Waals surface area contributed by atoms with Crippen molar-refractivity contribution in [1.82, 2.24) is 15.1 Å². The Morgan fingerprint density at radius 2 is 1.92 bits per heavy atom. The molecule has 1 N–H and O–H groups in total. The number of rotatable bonds is 1. The van der Waals surface area contributed by atoms with Gasteiger partial charge in [0.25, 0.3) is 0 Å². The van der Waals surface area contributed by atoms with Crippen LogP contribution < -0.4 is 5.32 Å². The lowest BCUT2D eigenvalue weighted by Crippen LogP contribution is -2.49. The molecule has 0 aromatic rings. The van der Waals surface area contributed by atoms with E-state index in [1.807, 2.05) is 0 Å². The zero-order valence-electron chi connectivity index (χ0n) is 7.92. The van der Waals surface area contributed by atoms with Crippen LogP contribution in [-0.2, 0) is 0 Å². The highest BCUT2D eigenvalue weighted by Crippen LogP contribution is 2.10. The highest BCUT2D eigenvalue weighted by molar-refractivity contribution is 4.83. The van der Waals surface area contributed by atoms with Crippen LogP contribution in [0.15, 0.2) is 0 Å². The van der Waals surface area contributed by atoms with E-state index in [1.165, 1.54) is 45.7 Å². The van der Waals surface area contributed by atoms with E-state index in [1.54, 1.807) is 0 Å². The van der Waals surface area contributed by atoms with Crippen LogP contribution in [-0.4, -0.2) is 62.2 Å². The van der Waals surface area contributed by atoms with E-state index in [0.29, 0.717) is 0 Å². The fraction of sp³-hybridized carbons (Fsp3) is 1.00. The second-order valence-electron chi connectivity index (χ2n) is 3.99. The summed E-state index contributed by atoms with van der Waals surface area (Å²) in [5.74, 6) is 0. The molecule has 1 atom stereocenters. The van der Waals surface area contributed by atoms with Gasteiger partial charge in [0.1, 0.15) is 0 Å². The van der Waals surface area contributed by atoms with E-state index in [-0.39, 0.29) is 0 Å². The Kier molecular flexibility index (Phi) is 2.63. The smallest absolute Gasteiger partial charge is 0.0233 e. The molecule has 0 aromatic carbocycles. The zero-order valence-corrected chi connectivity index (χ0v) is 7.92. The minimum atomic E-state index is 0.832. The van der Waals surface area contributed by atoms with Gasteiger partial charge >= 0.3 is 0 Å². The Hall–Kier alpha value is -0.120. The molecular formula is C9H19N3. The molecule has 12 heavy (non-hydrogen) atoms. The Morgan fingerprint density at radius 3 is 2.50 bits per heavy atom. The highest BCUT2D eigenvalue weighted by atomic mass is 15.3. The summed E-state index contributed by atoms with van der Waals surface area (Å²) < 4.78 is 0. The fourth-order valence-corrected chi connectivity index (χ4v) is 2.14. The minimum absolute atomic E-state index is 0.832. The first-order valence-electron chi connectivity index (χ1n) is 4.99. The molecule has 0 unspecified atom stereocenters. The van der Waals surface area contributed by atoms with Crippen LogP contribution in [0.4, 0.5) is 0 Å². The Morgan fingerprint density at radius 1 is 1.17 bits per heavy atom. The third kappa shape index (κ3) is 1.79. The number of nitrogens with one attached hydrogen (secondary N) is 1. The molecule has 0 aromatic heterocycles. The molecule has 2 fully saturated rings. The Bertz CT molecular complexity index is 135. The molecule has 2 saturated heterocycles. The third-order valence-corrected chi connectivity index (χ3v) is 3.09. The van der Waals surface area contributed by atoms with Crippen LogP contribution in [0.5, 0.6) is 0 Å². The van der Waals surface area contributed by atoms with Crippen LogP contribution in [0.3, 0.4) is 0 Å². The van der Waals surface area contributed by atoms with Gasteiger partial charge in [-0.25, -0.2) is 0 Å². The van der Waals surface area contributed by atoms with E-state index < -0.39 is 0 Å². The molecule has 0 spiro atoms. The molecule has 0 radical (unpaired) electrons. The molecular weight excluding hydrogens is 150 g/mol. The SMILES string of the molecule is CN1CCN([C@H]2CCNC2)CC1. The number of likely N-dealkylation sites (N-methyl/N-ethyl adjacent to an activating group) is 1. The topological polar surface area (TPSA) is 18.5 Å². The van der Waals surface area contributed by atoms with E-state index in [4.69, 9.17) is 0 Å². The van der Waals surface area contributed by atoms with Gasteiger partial charge in [0.15, 0.2) is 0 Å². The van der Waals surface area contributed by atoms with Crippen LogP contribution in [0.2, 0.25) is 0 Å². The summed E-state index contributed by atoms with van der Waals surface area (Å²) in [4.78, 5) is 5.05. The van der Waals surface area contributed by atoms with E-state index in [9.17, 15) is 0 Å². The van der Waals surface area contributed by atoms with E-state index in [2.05, 4.69) is 22.2 Å². The van der Waals surface area contributed by atoms with Gasteiger partial charge in [0.2, 0.25) is 0 Å². The molecule has 3 heteroatoms. The fourth-order valence-electron chi connectivity index (χ4n) is 2.14. The van der Waals surface area contributed by atoms with Gasteiger partial charge in [-0.1, -0.05) is 0 Å². The van der Waals surface area contributed by atoms with Crippen LogP contribution in [0.1, 0.15) is 6.42 Å². The van der Waals surface area contributed by atoms with Crippen LogP contribution >= 0.6 is 0 Å². The molecule has 70 valence electrons. The summed E-state index contributed by atoms with van der Waals surface area (Å²) in [7, 11) is 2.21. The van der Waals surface area contributed by atoms with E-state index in [0.717, 1.165) is 6.04 Å². The first-order valence-corrected chi connectivity index (χ1v) is 4.99. The molecule has 2 heterocycles. The monoisotopic (exact) mass is 169 g/mol. The summed E-state index contributed by atoms with van der Waals surface area (Å²) in [6.45, 7) is 7.46. The van der Waals surface area contributed by atoms with Crippen molar-refractivity contribution in [2.75, 3.05) is 46.3 Å². The van der Waals surface area contributed by atoms with Crippen molar-refractivity contribution < 1.29 is 0 Å². The van der Waals surface area contributed by atoms with Gasteiger partial charge < -0.3 is 10.2 Å². The van der Waals surface area contributed by atoms with Crippen molar-refractivity contribution >= 4 is 0 Å². The van der Waals surface area contributed by atoms with Crippen molar-refractivity contribution in [3.05, 3.63) is 0 Å². The van der Waals surface area contributed by atoms with Crippen LogP contribution in [0, 0.1) is 0 Å². The average Bonchev–Trinajstić information content (AvgIpc) is 2.58. The van der Waals surface area contributed by atoms with Gasteiger partial charge in [0.05, 0.1) is 0 Å². The normalized spacial score (nSPS) is 34.2. The number of piperazine rings is 1. The predicted octanol–water partition coefficient (Wildman–Crippen LogP) is -0.404. The molecule has 2 aliphatic rings. The number of nitrogens with zero attached hydrogens (tertiary/aromatic N) is 2. The average molecular weight is 169 g/mol. The maximum absolute atomic E-state index is 3.43. The minimum Gasteiger partial charge on any atom is -0.315 e. The standard InChI is InChI=1S/C9H19N3/c1-11-4-6-12(7-5-11)9-2-3-10-8-9/h9-10H,2-8H2,1H3/t9-/m0/s1. The van der Waals surface area contributed by atoms with Crippen LogP contribution in [0.25, 0.3) is 0 Å². The summed E-state index contributed by atoms with van der Waals surface area (Å²) in [5, 5.41) is 3.43. The second kappa shape index (κ2) is 3.73. The van der Waals surface area contributed by atoms with Gasteiger partial charge in [-0.3, -0.25) is 4.90 Å². The van der Waals surface area contributed by atoms with Crippen molar-refractivity contribution in [3.63, 3.8) is 0 Å². The van der Waals surface area contributed by atoms with Crippen molar-refractivity contribution in [2.24, 2.45) is 0 Å². The summed E-state index contributed by atoms with van der Waals surface area (Å²) in [6.07, 6.45) is 1.35. The molecule has 2 rings (SSSR count). The molecule has 2 aliphatic heterocycles. The lowest BCUT2D eigenvalue weighted by atomic mass is 10.2. The van der Waals surface area contributed by atoms with Crippen molar-refractivity contribution in [3.8, 4) is 0 Å². The van der Waals surface area contributed by atoms with Gasteiger partial charge in [-0.2, -0.15) is 0 Å². The Labute approximate surface area is 74.7 Å². The number of hydrogen-bond donors (Lipinski definition) is 1. The lowest BCUT2D eigenvalue weighted by molar-refractivity contribution is 0.119. The summed E-state index contributed by atoms with van der Waals surface area (Å²) in [6, 6.07) is 0.832. The maximum atomic E-state index is 3.43. The summed E-state index contributed by atoms with van der Waals surface area (Å²) >= 11 is 0. The zero-order chi connectivity index (χ0) is 8.39. The second-order valence-corrected chi connectivity index (χ2v) is 3.99. The molecule has 0 aliphatic carbocycles. The van der Waals surface area contributed by atoms with Crippen molar-refractivity contribution in [2.45, 2.75) is 12.5 Å².